The number of amides is 1. The Hall–Kier alpha value is -1.55. The van der Waals surface area contributed by atoms with E-state index in [1.54, 1.807) is 0 Å². The van der Waals surface area contributed by atoms with Crippen LogP contribution in [-0.4, -0.2) is 18.1 Å². The molecule has 0 saturated heterocycles. The van der Waals surface area contributed by atoms with Gasteiger partial charge in [0.25, 0.3) is 0 Å². The van der Waals surface area contributed by atoms with Gasteiger partial charge in [-0.3, -0.25) is 4.79 Å². The van der Waals surface area contributed by atoms with Crippen molar-refractivity contribution in [2.24, 2.45) is 11.7 Å². The Kier molecular flexibility index (Phi) is 5.83. The summed E-state index contributed by atoms with van der Waals surface area (Å²) in [5, 5.41) is 2.83. The molecule has 4 heteroatoms. The molecule has 0 saturated carbocycles. The molecule has 1 aromatic rings. The lowest BCUT2D eigenvalue weighted by atomic mass is 10.0. The molecule has 4 nitrogen and oxygen atoms in total. The number of rotatable bonds is 6. The Morgan fingerprint density at radius 3 is 2.47 bits per heavy atom. The van der Waals surface area contributed by atoms with Crippen molar-refractivity contribution in [3.05, 3.63) is 24.3 Å². The van der Waals surface area contributed by atoms with Gasteiger partial charge in [0.05, 0.1) is 17.8 Å². The SMILES string of the molecule is CC(C)C[C@@H](N)C(=O)Nc1ccccc1OC(C)C. The van der Waals surface area contributed by atoms with Gasteiger partial charge in [-0.05, 0) is 38.3 Å². The van der Waals surface area contributed by atoms with Gasteiger partial charge in [-0.25, -0.2) is 0 Å². The summed E-state index contributed by atoms with van der Waals surface area (Å²) in [6.45, 7) is 7.98. The molecule has 0 aliphatic carbocycles. The maximum absolute atomic E-state index is 12.0. The predicted molar refractivity (Wildman–Crippen MR) is 78.3 cm³/mol. The zero-order chi connectivity index (χ0) is 14.4. The van der Waals surface area contributed by atoms with Crippen LogP contribution in [0.1, 0.15) is 34.1 Å². The van der Waals surface area contributed by atoms with Gasteiger partial charge in [0.2, 0.25) is 5.91 Å². The van der Waals surface area contributed by atoms with Crippen molar-refractivity contribution >= 4 is 11.6 Å². The molecule has 1 rings (SSSR count). The highest BCUT2D eigenvalue weighted by atomic mass is 16.5. The van der Waals surface area contributed by atoms with E-state index in [0.717, 1.165) is 0 Å². The lowest BCUT2D eigenvalue weighted by Crippen LogP contribution is -2.36. The minimum atomic E-state index is -0.493. The van der Waals surface area contributed by atoms with E-state index < -0.39 is 6.04 Å². The second kappa shape index (κ2) is 7.14. The second-order valence-electron chi connectivity index (χ2n) is 5.39. The van der Waals surface area contributed by atoms with Crippen molar-refractivity contribution in [1.82, 2.24) is 0 Å². The molecule has 106 valence electrons. The van der Waals surface area contributed by atoms with Crippen LogP contribution in [0.15, 0.2) is 24.3 Å². The average molecular weight is 264 g/mol. The van der Waals surface area contributed by atoms with Crippen LogP contribution in [0.25, 0.3) is 0 Å². The molecule has 0 fully saturated rings. The first kappa shape index (κ1) is 15.5. The average Bonchev–Trinajstić information content (AvgIpc) is 2.30. The molecule has 3 N–H and O–H groups in total. The number of ether oxygens (including phenoxy) is 1. The van der Waals surface area contributed by atoms with Crippen LogP contribution in [-0.2, 0) is 4.79 Å². The lowest BCUT2D eigenvalue weighted by Gasteiger charge is -2.17. The van der Waals surface area contributed by atoms with Gasteiger partial charge < -0.3 is 15.8 Å². The largest absolute Gasteiger partial charge is 0.489 e. The standard InChI is InChI=1S/C15H24N2O2/c1-10(2)9-12(16)15(18)17-13-7-5-6-8-14(13)19-11(3)4/h5-8,10-12H,9,16H2,1-4H3,(H,17,18)/t12-/m1/s1. The van der Waals surface area contributed by atoms with Gasteiger partial charge in [0.1, 0.15) is 5.75 Å². The van der Waals surface area contributed by atoms with Crippen LogP contribution in [0.4, 0.5) is 5.69 Å². The molecule has 0 aromatic heterocycles. The van der Waals surface area contributed by atoms with E-state index in [4.69, 9.17) is 10.5 Å². The second-order valence-corrected chi connectivity index (χ2v) is 5.39. The van der Waals surface area contributed by atoms with Gasteiger partial charge in [0.15, 0.2) is 0 Å². The number of para-hydroxylation sites is 2. The zero-order valence-electron chi connectivity index (χ0n) is 12.1. The Morgan fingerprint density at radius 2 is 1.89 bits per heavy atom. The minimum Gasteiger partial charge on any atom is -0.489 e. The highest BCUT2D eigenvalue weighted by Gasteiger charge is 2.16. The molecule has 0 aliphatic rings. The van der Waals surface area contributed by atoms with Crippen molar-refractivity contribution in [2.45, 2.75) is 46.3 Å². The Labute approximate surface area is 115 Å². The summed E-state index contributed by atoms with van der Waals surface area (Å²) < 4.78 is 5.65. The fourth-order valence-corrected chi connectivity index (χ4v) is 1.77. The number of nitrogens with one attached hydrogen (secondary N) is 1. The fraction of sp³-hybridized carbons (Fsp3) is 0.533. The molecule has 1 amide bonds. The summed E-state index contributed by atoms with van der Waals surface area (Å²) in [6.07, 6.45) is 0.723. The summed E-state index contributed by atoms with van der Waals surface area (Å²) >= 11 is 0. The first-order chi connectivity index (χ1) is 8.90. The van der Waals surface area contributed by atoms with Crippen molar-refractivity contribution < 1.29 is 9.53 Å². The van der Waals surface area contributed by atoms with Gasteiger partial charge >= 0.3 is 0 Å². The van der Waals surface area contributed by atoms with Crippen molar-refractivity contribution in [1.29, 1.82) is 0 Å². The van der Waals surface area contributed by atoms with Crippen LogP contribution >= 0.6 is 0 Å². The topological polar surface area (TPSA) is 64.4 Å². The Balaban J connectivity index is 2.73. The third kappa shape index (κ3) is 5.30. The maximum atomic E-state index is 12.0. The van der Waals surface area contributed by atoms with Crippen molar-refractivity contribution in [3.8, 4) is 5.75 Å². The smallest absolute Gasteiger partial charge is 0.241 e. The summed E-state index contributed by atoms with van der Waals surface area (Å²) in [5.74, 6) is 0.888. The Bertz CT molecular complexity index is 416. The molecule has 0 spiro atoms. The normalized spacial score (nSPS) is 12.6. The first-order valence-corrected chi connectivity index (χ1v) is 6.72. The predicted octanol–water partition coefficient (Wildman–Crippen LogP) is 2.79. The van der Waals surface area contributed by atoms with E-state index in [1.807, 2.05) is 52.0 Å². The molecule has 19 heavy (non-hydrogen) atoms. The molecule has 1 aromatic carbocycles. The lowest BCUT2D eigenvalue weighted by molar-refractivity contribution is -0.117. The molecule has 0 aliphatic heterocycles. The van der Waals surface area contributed by atoms with Gasteiger partial charge in [0, 0.05) is 0 Å². The van der Waals surface area contributed by atoms with Gasteiger partial charge in [-0.15, -0.1) is 0 Å². The quantitative estimate of drug-likeness (QED) is 0.830. The number of benzene rings is 1. The molecule has 0 radical (unpaired) electrons. The fourth-order valence-electron chi connectivity index (χ4n) is 1.77. The number of nitrogens with two attached hydrogens (primary N) is 1. The molecule has 0 unspecified atom stereocenters. The van der Waals surface area contributed by atoms with Crippen LogP contribution < -0.4 is 15.8 Å². The van der Waals surface area contributed by atoms with Crippen LogP contribution in [0, 0.1) is 5.92 Å². The number of carbonyl (C=O) groups is 1. The number of anilines is 1. The van der Waals surface area contributed by atoms with E-state index in [2.05, 4.69) is 5.32 Å². The van der Waals surface area contributed by atoms with Crippen LogP contribution in [0.3, 0.4) is 0 Å². The molecule has 0 heterocycles. The summed E-state index contributed by atoms with van der Waals surface area (Å²) in [7, 11) is 0. The van der Waals surface area contributed by atoms with E-state index in [1.165, 1.54) is 0 Å². The maximum Gasteiger partial charge on any atom is 0.241 e. The van der Waals surface area contributed by atoms with Crippen molar-refractivity contribution in [2.75, 3.05) is 5.32 Å². The summed E-state index contributed by atoms with van der Waals surface area (Å²) in [4.78, 5) is 12.0. The van der Waals surface area contributed by atoms with E-state index in [9.17, 15) is 4.79 Å². The molecular weight excluding hydrogens is 240 g/mol. The summed E-state index contributed by atoms with van der Waals surface area (Å²) in [5.41, 5.74) is 6.53. The third-order valence-electron chi connectivity index (χ3n) is 2.57. The molecular formula is C15H24N2O2. The van der Waals surface area contributed by atoms with E-state index in [-0.39, 0.29) is 12.0 Å². The zero-order valence-corrected chi connectivity index (χ0v) is 12.1. The van der Waals surface area contributed by atoms with Crippen LogP contribution in [0.5, 0.6) is 5.75 Å². The number of hydrogen-bond acceptors (Lipinski definition) is 3. The molecule has 0 bridgehead atoms. The Morgan fingerprint density at radius 1 is 1.26 bits per heavy atom. The molecule has 1 atom stereocenters. The first-order valence-electron chi connectivity index (χ1n) is 6.72. The van der Waals surface area contributed by atoms with Crippen molar-refractivity contribution in [3.63, 3.8) is 0 Å². The summed E-state index contributed by atoms with van der Waals surface area (Å²) in [6, 6.07) is 6.89. The number of hydrogen-bond donors (Lipinski definition) is 2. The van der Waals surface area contributed by atoms with Gasteiger partial charge in [-0.2, -0.15) is 0 Å². The van der Waals surface area contributed by atoms with E-state index in [0.29, 0.717) is 23.8 Å². The number of carbonyl (C=O) groups excluding carboxylic acids is 1. The van der Waals surface area contributed by atoms with E-state index >= 15 is 0 Å². The van der Waals surface area contributed by atoms with Gasteiger partial charge in [-0.1, -0.05) is 26.0 Å². The minimum absolute atomic E-state index is 0.0578. The highest BCUT2D eigenvalue weighted by molar-refractivity contribution is 5.95. The monoisotopic (exact) mass is 264 g/mol. The third-order valence-corrected chi connectivity index (χ3v) is 2.57. The highest BCUT2D eigenvalue weighted by Crippen LogP contribution is 2.25. The van der Waals surface area contributed by atoms with Crippen LogP contribution in [0.2, 0.25) is 0 Å².